The number of aromatic nitrogens is 1. The summed E-state index contributed by atoms with van der Waals surface area (Å²) in [6.07, 6.45) is 1.54. The normalized spacial score (nSPS) is 11.4. The molecule has 0 spiro atoms. The summed E-state index contributed by atoms with van der Waals surface area (Å²) in [7, 11) is -1.08. The van der Waals surface area contributed by atoms with Crippen LogP contribution in [-0.4, -0.2) is 46.4 Å². The third kappa shape index (κ3) is 5.91. The molecule has 2 amide bonds. The number of nitrogens with one attached hydrogen (secondary N) is 3. The van der Waals surface area contributed by atoms with Crippen LogP contribution in [0.3, 0.4) is 0 Å². The molecule has 14 heteroatoms. The molecule has 38 heavy (non-hydrogen) atoms. The number of hydrogen-bond donors (Lipinski definition) is 3. The summed E-state index contributed by atoms with van der Waals surface area (Å²) in [5.74, 6) is -0.418. The Morgan fingerprint density at radius 3 is 2.58 bits per heavy atom. The molecule has 0 fully saturated rings. The van der Waals surface area contributed by atoms with Crippen molar-refractivity contribution in [3.63, 3.8) is 0 Å². The van der Waals surface area contributed by atoms with Gasteiger partial charge in [0.25, 0.3) is 15.6 Å². The predicted octanol–water partition coefficient (Wildman–Crippen LogP) is 4.42. The van der Waals surface area contributed by atoms with Gasteiger partial charge in [0.2, 0.25) is 0 Å². The van der Waals surface area contributed by atoms with Crippen LogP contribution in [0.5, 0.6) is 5.75 Å². The minimum atomic E-state index is -4.15. The molecule has 2 heterocycles. The number of carbonyl (C=O) groups is 1. The third-order valence-corrected chi connectivity index (χ3v) is 8.39. The van der Waals surface area contributed by atoms with Gasteiger partial charge in [0, 0.05) is 26.4 Å². The van der Waals surface area contributed by atoms with E-state index in [0.717, 1.165) is 17.4 Å². The van der Waals surface area contributed by atoms with Gasteiger partial charge in [-0.2, -0.15) is 0 Å². The first-order valence-electron chi connectivity index (χ1n) is 11.0. The molecule has 0 saturated carbocycles. The van der Waals surface area contributed by atoms with Gasteiger partial charge in [0.1, 0.15) is 22.4 Å². The number of pyridine rings is 1. The van der Waals surface area contributed by atoms with Crippen molar-refractivity contribution in [3.8, 4) is 11.4 Å². The Labute approximate surface area is 226 Å². The Hall–Kier alpha value is -3.65. The highest BCUT2D eigenvalue weighted by molar-refractivity contribution is 7.92. The summed E-state index contributed by atoms with van der Waals surface area (Å²) in [5.41, 5.74) is 0.307. The van der Waals surface area contributed by atoms with Gasteiger partial charge in [-0.3, -0.25) is 9.36 Å². The summed E-state index contributed by atoms with van der Waals surface area (Å²) >= 11 is 6.60. The van der Waals surface area contributed by atoms with Crippen LogP contribution in [0.25, 0.3) is 16.5 Å². The van der Waals surface area contributed by atoms with E-state index in [1.807, 2.05) is 4.72 Å². The number of amides is 2. The van der Waals surface area contributed by atoms with E-state index in [2.05, 4.69) is 10.6 Å². The SMILES string of the molecule is CNc1cc2ccn(-c3ccc(NC(=O)NS(=O)(=O)c4ccc(Cl)s4)c(OCCOC)c3)c(=O)c2cc1F. The monoisotopic (exact) mass is 580 g/mol. The molecule has 200 valence electrons. The largest absolute Gasteiger partial charge is 0.489 e. The summed E-state index contributed by atoms with van der Waals surface area (Å²) in [6.45, 7) is 0.333. The smallest absolute Gasteiger partial charge is 0.333 e. The summed E-state index contributed by atoms with van der Waals surface area (Å²) in [5, 5.41) is 5.91. The van der Waals surface area contributed by atoms with Crippen molar-refractivity contribution in [1.82, 2.24) is 9.29 Å². The Balaban J connectivity index is 1.66. The first kappa shape index (κ1) is 27.4. The first-order chi connectivity index (χ1) is 18.1. The molecular weight excluding hydrogens is 559 g/mol. The molecule has 2 aromatic heterocycles. The van der Waals surface area contributed by atoms with Gasteiger partial charge in [-0.05, 0) is 47.9 Å². The highest BCUT2D eigenvalue weighted by Gasteiger charge is 2.21. The number of ether oxygens (including phenoxy) is 2. The van der Waals surface area contributed by atoms with Gasteiger partial charge < -0.3 is 20.1 Å². The lowest BCUT2D eigenvalue weighted by molar-refractivity contribution is 0.146. The maximum Gasteiger partial charge on any atom is 0.333 e. The zero-order valence-corrected chi connectivity index (χ0v) is 22.5. The number of nitrogens with zero attached hydrogens (tertiary/aromatic N) is 1. The Morgan fingerprint density at radius 1 is 1.11 bits per heavy atom. The second-order valence-corrected chi connectivity index (χ2v) is 11.4. The molecule has 10 nitrogen and oxygen atoms in total. The number of methoxy groups -OCH3 is 1. The lowest BCUT2D eigenvalue weighted by Crippen LogP contribution is -2.34. The maximum atomic E-state index is 14.3. The molecule has 4 rings (SSSR count). The lowest BCUT2D eigenvalue weighted by Gasteiger charge is -2.16. The molecular formula is C24H22ClFN4O6S2. The Morgan fingerprint density at radius 2 is 1.89 bits per heavy atom. The van der Waals surface area contributed by atoms with Crippen LogP contribution in [-0.2, 0) is 14.8 Å². The fraction of sp³-hybridized carbons (Fsp3) is 0.167. The number of carbonyl (C=O) groups excluding carboxylic acids is 1. The van der Waals surface area contributed by atoms with Crippen molar-refractivity contribution < 1.29 is 27.1 Å². The number of halogens is 2. The van der Waals surface area contributed by atoms with Gasteiger partial charge in [-0.15, -0.1) is 11.3 Å². The van der Waals surface area contributed by atoms with Gasteiger partial charge in [0.05, 0.1) is 33.4 Å². The van der Waals surface area contributed by atoms with E-state index in [1.165, 1.54) is 48.2 Å². The van der Waals surface area contributed by atoms with Crippen molar-refractivity contribution in [2.45, 2.75) is 4.21 Å². The summed E-state index contributed by atoms with van der Waals surface area (Å²) < 4.78 is 53.3. The number of fused-ring (bicyclic) bond motifs is 1. The number of rotatable bonds is 9. The first-order valence-corrected chi connectivity index (χ1v) is 13.7. The highest BCUT2D eigenvalue weighted by Crippen LogP contribution is 2.29. The average molecular weight is 581 g/mol. The fourth-order valence-electron chi connectivity index (χ4n) is 3.54. The molecule has 0 unspecified atom stereocenters. The minimum Gasteiger partial charge on any atom is -0.489 e. The highest BCUT2D eigenvalue weighted by atomic mass is 35.5. The van der Waals surface area contributed by atoms with Gasteiger partial charge in [-0.1, -0.05) is 11.6 Å². The van der Waals surface area contributed by atoms with Crippen LogP contribution in [0.1, 0.15) is 0 Å². The lowest BCUT2D eigenvalue weighted by atomic mass is 10.1. The van der Waals surface area contributed by atoms with Gasteiger partial charge in [-0.25, -0.2) is 22.3 Å². The van der Waals surface area contributed by atoms with E-state index >= 15 is 0 Å². The second-order valence-electron chi connectivity index (χ2n) is 7.80. The number of sulfonamides is 1. The molecule has 0 saturated heterocycles. The van der Waals surface area contributed by atoms with E-state index in [9.17, 15) is 22.4 Å². The van der Waals surface area contributed by atoms with E-state index in [1.54, 1.807) is 19.2 Å². The molecule has 0 radical (unpaired) electrons. The standard InChI is InChI=1S/C24H22ClFN4O6S2/c1-27-19-11-14-7-8-30(23(31)16(14)13-17(19)26)15-3-4-18(20(12-15)36-10-9-35-2)28-24(32)29-38(33,34)22-6-5-21(25)37-22/h3-8,11-13,27H,9-10H2,1-2H3,(H2,28,29,32). The zero-order chi connectivity index (χ0) is 27.4. The van der Waals surface area contributed by atoms with Crippen molar-refractivity contribution in [2.24, 2.45) is 0 Å². The topological polar surface area (TPSA) is 128 Å². The maximum absolute atomic E-state index is 14.3. The predicted molar refractivity (Wildman–Crippen MR) is 145 cm³/mol. The van der Waals surface area contributed by atoms with Crippen molar-refractivity contribution in [2.75, 3.05) is 38.0 Å². The number of anilines is 2. The second kappa shape index (κ2) is 11.4. The fourth-order valence-corrected chi connectivity index (χ4v) is 5.93. The van der Waals surface area contributed by atoms with E-state index in [4.69, 9.17) is 21.1 Å². The molecule has 0 atom stereocenters. The zero-order valence-electron chi connectivity index (χ0n) is 20.1. The van der Waals surface area contributed by atoms with Crippen molar-refractivity contribution in [3.05, 3.63) is 75.2 Å². The van der Waals surface area contributed by atoms with Crippen LogP contribution in [0.4, 0.5) is 20.6 Å². The number of benzene rings is 2. The number of thiophene rings is 1. The molecule has 4 aromatic rings. The van der Waals surface area contributed by atoms with Gasteiger partial charge in [0.15, 0.2) is 0 Å². The van der Waals surface area contributed by atoms with Crippen LogP contribution in [0.15, 0.2) is 63.7 Å². The Kier molecular flexibility index (Phi) is 8.21. The van der Waals surface area contributed by atoms with E-state index < -0.39 is 27.4 Å². The molecule has 3 N–H and O–H groups in total. The molecule has 0 aliphatic heterocycles. The minimum absolute atomic E-state index is 0.104. The van der Waals surface area contributed by atoms with Crippen molar-refractivity contribution in [1.29, 1.82) is 0 Å². The van der Waals surface area contributed by atoms with Crippen LogP contribution >= 0.6 is 22.9 Å². The summed E-state index contributed by atoms with van der Waals surface area (Å²) in [4.78, 5) is 25.7. The number of urea groups is 1. The van der Waals surface area contributed by atoms with Gasteiger partial charge >= 0.3 is 6.03 Å². The molecule has 0 bridgehead atoms. The van der Waals surface area contributed by atoms with E-state index in [-0.39, 0.29) is 44.3 Å². The molecule has 0 aliphatic carbocycles. The van der Waals surface area contributed by atoms with E-state index in [0.29, 0.717) is 11.1 Å². The number of hydrogen-bond acceptors (Lipinski definition) is 8. The average Bonchev–Trinajstić information content (AvgIpc) is 3.32. The quantitative estimate of drug-likeness (QED) is 0.250. The Bertz CT molecular complexity index is 1670. The van der Waals surface area contributed by atoms with Crippen LogP contribution < -0.4 is 25.7 Å². The van der Waals surface area contributed by atoms with Crippen LogP contribution in [0.2, 0.25) is 4.34 Å². The summed E-state index contributed by atoms with van der Waals surface area (Å²) in [6, 6.07) is 10.5. The molecule has 0 aliphatic rings. The van der Waals surface area contributed by atoms with Crippen molar-refractivity contribution >= 4 is 61.1 Å². The molecule has 2 aromatic carbocycles. The van der Waals surface area contributed by atoms with Crippen LogP contribution in [0, 0.1) is 5.82 Å². The third-order valence-electron chi connectivity index (χ3n) is 5.34.